The second-order valence-electron chi connectivity index (χ2n) is 5.15. The molecule has 1 amide bonds. The zero-order valence-electron chi connectivity index (χ0n) is 12.2. The summed E-state index contributed by atoms with van der Waals surface area (Å²) in [6, 6.07) is 6.46. The maximum Gasteiger partial charge on any atom is 0.338 e. The number of esters is 1. The summed E-state index contributed by atoms with van der Waals surface area (Å²) < 4.78 is 5.10. The summed E-state index contributed by atoms with van der Waals surface area (Å²) >= 11 is 0. The van der Waals surface area contributed by atoms with Crippen LogP contribution in [0.25, 0.3) is 0 Å². The van der Waals surface area contributed by atoms with Gasteiger partial charge in [0, 0.05) is 12.2 Å². The second-order valence-corrected chi connectivity index (χ2v) is 5.15. The Morgan fingerprint density at radius 1 is 1.30 bits per heavy atom. The van der Waals surface area contributed by atoms with Crippen LogP contribution in [0, 0.1) is 5.92 Å². The molecule has 1 rings (SSSR count). The van der Waals surface area contributed by atoms with Gasteiger partial charge in [-0.1, -0.05) is 19.9 Å². The third kappa shape index (κ3) is 5.30. The first-order valence-corrected chi connectivity index (χ1v) is 6.74. The number of anilines is 1. The summed E-state index contributed by atoms with van der Waals surface area (Å²) in [5.41, 5.74) is 6.41. The van der Waals surface area contributed by atoms with E-state index in [-0.39, 0.29) is 5.91 Å². The van der Waals surface area contributed by atoms with Gasteiger partial charge >= 0.3 is 5.97 Å². The lowest BCUT2D eigenvalue weighted by Crippen LogP contribution is -2.36. The van der Waals surface area contributed by atoms with Gasteiger partial charge < -0.3 is 15.8 Å². The van der Waals surface area contributed by atoms with Gasteiger partial charge in [-0.15, -0.1) is 0 Å². The van der Waals surface area contributed by atoms with Gasteiger partial charge in [0.25, 0.3) is 5.91 Å². The molecule has 1 unspecified atom stereocenters. The Morgan fingerprint density at radius 3 is 2.60 bits per heavy atom. The van der Waals surface area contributed by atoms with Gasteiger partial charge in [-0.25, -0.2) is 4.79 Å². The zero-order chi connectivity index (χ0) is 15.1. The summed E-state index contributed by atoms with van der Waals surface area (Å²) in [6.07, 6.45) is 0.0674. The number of carbonyl (C=O) groups excluding carboxylic acids is 2. The summed E-state index contributed by atoms with van der Waals surface area (Å²) in [6.45, 7) is 6.29. The van der Waals surface area contributed by atoms with Crippen LogP contribution >= 0.6 is 0 Å². The van der Waals surface area contributed by atoms with E-state index in [0.717, 1.165) is 6.42 Å². The summed E-state index contributed by atoms with van der Waals surface area (Å²) in [5, 5.41) is 2.74. The van der Waals surface area contributed by atoms with Crippen LogP contribution in [0.2, 0.25) is 0 Å². The Bertz CT molecular complexity index is 472. The van der Waals surface area contributed by atoms with Crippen LogP contribution in [0.1, 0.15) is 37.6 Å². The average molecular weight is 278 g/mol. The van der Waals surface area contributed by atoms with E-state index in [1.165, 1.54) is 6.07 Å². The molecule has 5 heteroatoms. The fourth-order valence-corrected chi connectivity index (χ4v) is 1.58. The van der Waals surface area contributed by atoms with E-state index in [1.54, 1.807) is 25.1 Å². The molecule has 0 saturated heterocycles. The minimum atomic E-state index is -0.823. The van der Waals surface area contributed by atoms with Crippen LogP contribution in [0.5, 0.6) is 0 Å². The van der Waals surface area contributed by atoms with Crippen molar-refractivity contribution in [1.29, 1.82) is 0 Å². The van der Waals surface area contributed by atoms with E-state index >= 15 is 0 Å². The van der Waals surface area contributed by atoms with Gasteiger partial charge in [0.2, 0.25) is 0 Å². The van der Waals surface area contributed by atoms with Crippen molar-refractivity contribution in [1.82, 2.24) is 5.32 Å². The Kier molecular flexibility index (Phi) is 6.03. The first-order chi connectivity index (χ1) is 9.40. The number of rotatable bonds is 6. The smallest absolute Gasteiger partial charge is 0.338 e. The molecular weight excluding hydrogens is 256 g/mol. The molecule has 0 aliphatic carbocycles. The minimum Gasteiger partial charge on any atom is -0.449 e. The summed E-state index contributed by atoms with van der Waals surface area (Å²) in [5.74, 6) is -0.327. The fraction of sp³-hybridized carbons (Fsp3) is 0.467. The largest absolute Gasteiger partial charge is 0.449 e. The van der Waals surface area contributed by atoms with Gasteiger partial charge in [-0.3, -0.25) is 4.79 Å². The quantitative estimate of drug-likeness (QED) is 0.616. The van der Waals surface area contributed by atoms with Crippen molar-refractivity contribution in [3.63, 3.8) is 0 Å². The van der Waals surface area contributed by atoms with Crippen LogP contribution < -0.4 is 11.1 Å². The first-order valence-electron chi connectivity index (χ1n) is 6.74. The molecule has 0 spiro atoms. The number of hydrogen-bond donors (Lipinski definition) is 2. The lowest BCUT2D eigenvalue weighted by Gasteiger charge is -2.14. The molecule has 0 heterocycles. The molecule has 0 fully saturated rings. The molecule has 1 aromatic carbocycles. The Hall–Kier alpha value is -2.04. The molecule has 0 aliphatic heterocycles. The van der Waals surface area contributed by atoms with Crippen molar-refractivity contribution in [3.8, 4) is 0 Å². The molecule has 3 N–H and O–H groups in total. The van der Waals surface area contributed by atoms with E-state index in [1.807, 2.05) is 0 Å². The predicted molar refractivity (Wildman–Crippen MR) is 78.2 cm³/mol. The van der Waals surface area contributed by atoms with Crippen molar-refractivity contribution < 1.29 is 14.3 Å². The molecule has 1 atom stereocenters. The SMILES string of the molecule is CC(C)CCNC(=O)C(C)OC(=O)c1cccc(N)c1. The number of nitrogens with two attached hydrogens (primary N) is 1. The Labute approximate surface area is 119 Å². The van der Waals surface area contributed by atoms with Crippen molar-refractivity contribution in [2.45, 2.75) is 33.3 Å². The molecule has 0 aliphatic rings. The number of amides is 1. The lowest BCUT2D eigenvalue weighted by molar-refractivity contribution is -0.129. The molecule has 5 nitrogen and oxygen atoms in total. The van der Waals surface area contributed by atoms with E-state index < -0.39 is 12.1 Å². The number of nitrogens with one attached hydrogen (secondary N) is 1. The van der Waals surface area contributed by atoms with E-state index in [4.69, 9.17) is 10.5 Å². The van der Waals surface area contributed by atoms with Crippen molar-refractivity contribution in [3.05, 3.63) is 29.8 Å². The zero-order valence-corrected chi connectivity index (χ0v) is 12.2. The van der Waals surface area contributed by atoms with Crippen LogP contribution in [-0.2, 0) is 9.53 Å². The predicted octanol–water partition coefficient (Wildman–Crippen LogP) is 1.98. The summed E-state index contributed by atoms with van der Waals surface area (Å²) in [7, 11) is 0. The molecule has 20 heavy (non-hydrogen) atoms. The minimum absolute atomic E-state index is 0.289. The highest BCUT2D eigenvalue weighted by Crippen LogP contribution is 2.09. The van der Waals surface area contributed by atoms with Gasteiger partial charge in [-0.2, -0.15) is 0 Å². The number of nitrogen functional groups attached to an aromatic ring is 1. The van der Waals surface area contributed by atoms with E-state index in [2.05, 4.69) is 19.2 Å². The van der Waals surface area contributed by atoms with Gasteiger partial charge in [-0.05, 0) is 37.5 Å². The topological polar surface area (TPSA) is 81.4 Å². The van der Waals surface area contributed by atoms with Crippen LogP contribution in [0.4, 0.5) is 5.69 Å². The maximum absolute atomic E-state index is 11.8. The lowest BCUT2D eigenvalue weighted by atomic mass is 10.1. The highest BCUT2D eigenvalue weighted by Gasteiger charge is 2.18. The van der Waals surface area contributed by atoms with Gasteiger partial charge in [0.1, 0.15) is 0 Å². The molecule has 0 radical (unpaired) electrons. The summed E-state index contributed by atoms with van der Waals surface area (Å²) in [4.78, 5) is 23.6. The van der Waals surface area contributed by atoms with Crippen LogP contribution in [0.3, 0.4) is 0 Å². The van der Waals surface area contributed by atoms with Crippen molar-refractivity contribution >= 4 is 17.6 Å². The second kappa shape index (κ2) is 7.53. The number of benzene rings is 1. The van der Waals surface area contributed by atoms with Crippen LogP contribution in [0.15, 0.2) is 24.3 Å². The third-order valence-corrected chi connectivity index (χ3v) is 2.80. The maximum atomic E-state index is 11.8. The van der Waals surface area contributed by atoms with Gasteiger partial charge in [0.05, 0.1) is 5.56 Å². The number of carbonyl (C=O) groups is 2. The molecule has 0 bridgehead atoms. The molecule has 1 aromatic rings. The van der Waals surface area contributed by atoms with Gasteiger partial charge in [0.15, 0.2) is 6.10 Å². The first kappa shape index (κ1) is 16.0. The Balaban J connectivity index is 2.47. The Morgan fingerprint density at radius 2 is 2.00 bits per heavy atom. The van der Waals surface area contributed by atoms with Crippen LogP contribution in [-0.4, -0.2) is 24.5 Å². The molecule has 0 saturated carbocycles. The molecular formula is C15H22N2O3. The average Bonchev–Trinajstić information content (AvgIpc) is 2.38. The normalized spacial score (nSPS) is 12.0. The monoisotopic (exact) mass is 278 g/mol. The highest BCUT2D eigenvalue weighted by atomic mass is 16.5. The third-order valence-electron chi connectivity index (χ3n) is 2.80. The highest BCUT2D eigenvalue weighted by molar-refractivity contribution is 5.92. The number of ether oxygens (including phenoxy) is 1. The standard InChI is InChI=1S/C15H22N2O3/c1-10(2)7-8-17-14(18)11(3)20-15(19)12-5-4-6-13(16)9-12/h4-6,9-11H,7-8,16H2,1-3H3,(H,17,18). The fourth-order valence-electron chi connectivity index (χ4n) is 1.58. The van der Waals surface area contributed by atoms with Crippen molar-refractivity contribution in [2.75, 3.05) is 12.3 Å². The number of hydrogen-bond acceptors (Lipinski definition) is 4. The molecule has 110 valence electrons. The van der Waals surface area contributed by atoms with E-state index in [9.17, 15) is 9.59 Å². The molecule has 0 aromatic heterocycles. The van der Waals surface area contributed by atoms with E-state index in [0.29, 0.717) is 23.7 Å². The van der Waals surface area contributed by atoms with Crippen molar-refractivity contribution in [2.24, 2.45) is 5.92 Å².